The van der Waals surface area contributed by atoms with Crippen LogP contribution in [0.2, 0.25) is 0 Å². The molecule has 1 rings (SSSR count). The van der Waals surface area contributed by atoms with Crippen LogP contribution in [0.15, 0.2) is 12.1 Å². The molecule has 0 saturated heterocycles. The predicted molar refractivity (Wildman–Crippen MR) is 74.3 cm³/mol. The van der Waals surface area contributed by atoms with Crippen LogP contribution in [0.1, 0.15) is 25.0 Å². The van der Waals surface area contributed by atoms with Crippen molar-refractivity contribution in [3.8, 4) is 11.5 Å². The Bertz CT molecular complexity index is 403. The molecule has 0 amide bonds. The maximum Gasteiger partial charge on any atom is 0.161 e. The quantitative estimate of drug-likeness (QED) is 0.811. The van der Waals surface area contributed by atoms with Gasteiger partial charge in [-0.25, -0.2) is 0 Å². The van der Waals surface area contributed by atoms with Crippen molar-refractivity contribution in [1.82, 2.24) is 5.32 Å². The number of methoxy groups -OCH3 is 2. The zero-order valence-corrected chi connectivity index (χ0v) is 12.0. The average Bonchev–Trinajstić information content (AvgIpc) is 2.36. The van der Waals surface area contributed by atoms with Crippen LogP contribution in [0, 0.1) is 6.92 Å². The highest BCUT2D eigenvalue weighted by Gasteiger charge is 2.15. The Morgan fingerprint density at radius 2 is 1.72 bits per heavy atom. The standard InChI is InChI=1S/C14H24N2O2/c1-10-6-12(17-4)13(18-5)7-11(10)8-16-14(2,3)9-15/h6-7,16H,8-9,15H2,1-5H3. The molecule has 0 aromatic heterocycles. The minimum atomic E-state index is -0.0698. The summed E-state index contributed by atoms with van der Waals surface area (Å²) < 4.78 is 10.6. The lowest BCUT2D eigenvalue weighted by molar-refractivity contribution is 0.353. The van der Waals surface area contributed by atoms with Crippen molar-refractivity contribution < 1.29 is 9.47 Å². The first-order valence-corrected chi connectivity index (χ1v) is 6.10. The fraction of sp³-hybridized carbons (Fsp3) is 0.571. The summed E-state index contributed by atoms with van der Waals surface area (Å²) in [6.45, 7) is 7.59. The summed E-state index contributed by atoms with van der Waals surface area (Å²) in [5.41, 5.74) is 8.00. The van der Waals surface area contributed by atoms with Crippen LogP contribution < -0.4 is 20.5 Å². The molecular formula is C14H24N2O2. The monoisotopic (exact) mass is 252 g/mol. The van der Waals surface area contributed by atoms with Gasteiger partial charge in [0.25, 0.3) is 0 Å². The van der Waals surface area contributed by atoms with Crippen molar-refractivity contribution in [3.05, 3.63) is 23.3 Å². The van der Waals surface area contributed by atoms with Gasteiger partial charge in [0, 0.05) is 18.6 Å². The molecule has 0 fully saturated rings. The molecule has 3 N–H and O–H groups in total. The highest BCUT2D eigenvalue weighted by molar-refractivity contribution is 5.47. The number of hydrogen-bond acceptors (Lipinski definition) is 4. The first kappa shape index (κ1) is 14.8. The molecule has 0 spiro atoms. The van der Waals surface area contributed by atoms with Gasteiger partial charge in [0.2, 0.25) is 0 Å². The molecule has 0 heterocycles. The lowest BCUT2D eigenvalue weighted by atomic mass is 10.0. The molecular weight excluding hydrogens is 228 g/mol. The lowest BCUT2D eigenvalue weighted by Gasteiger charge is -2.25. The van der Waals surface area contributed by atoms with Gasteiger partial charge in [0.05, 0.1) is 14.2 Å². The van der Waals surface area contributed by atoms with E-state index in [-0.39, 0.29) is 5.54 Å². The van der Waals surface area contributed by atoms with Gasteiger partial charge >= 0.3 is 0 Å². The molecule has 0 atom stereocenters. The molecule has 0 saturated carbocycles. The first-order valence-electron chi connectivity index (χ1n) is 6.10. The van der Waals surface area contributed by atoms with Gasteiger partial charge in [-0.05, 0) is 44.0 Å². The predicted octanol–water partition coefficient (Wildman–Crippen LogP) is 1.84. The molecule has 4 heteroatoms. The third-order valence-corrected chi connectivity index (χ3v) is 3.11. The van der Waals surface area contributed by atoms with E-state index >= 15 is 0 Å². The van der Waals surface area contributed by atoms with E-state index in [1.165, 1.54) is 11.1 Å². The van der Waals surface area contributed by atoms with Gasteiger partial charge in [-0.3, -0.25) is 0 Å². The van der Waals surface area contributed by atoms with Crippen molar-refractivity contribution in [2.45, 2.75) is 32.9 Å². The molecule has 0 aliphatic rings. The largest absolute Gasteiger partial charge is 0.493 e. The fourth-order valence-corrected chi connectivity index (χ4v) is 1.62. The van der Waals surface area contributed by atoms with Crippen LogP contribution in [-0.2, 0) is 6.54 Å². The number of rotatable bonds is 6. The molecule has 0 radical (unpaired) electrons. The van der Waals surface area contributed by atoms with Crippen LogP contribution in [0.5, 0.6) is 11.5 Å². The normalized spacial score (nSPS) is 11.4. The second-order valence-electron chi connectivity index (χ2n) is 5.08. The molecule has 0 aliphatic carbocycles. The zero-order valence-electron chi connectivity index (χ0n) is 12.0. The minimum absolute atomic E-state index is 0.0698. The average molecular weight is 252 g/mol. The number of benzene rings is 1. The van der Waals surface area contributed by atoms with E-state index < -0.39 is 0 Å². The van der Waals surface area contributed by atoms with Crippen molar-refractivity contribution in [2.75, 3.05) is 20.8 Å². The van der Waals surface area contributed by atoms with E-state index in [1.807, 2.05) is 12.1 Å². The van der Waals surface area contributed by atoms with Gasteiger partial charge < -0.3 is 20.5 Å². The Hall–Kier alpha value is -1.26. The van der Waals surface area contributed by atoms with Crippen LogP contribution in [0.4, 0.5) is 0 Å². The van der Waals surface area contributed by atoms with Crippen molar-refractivity contribution in [2.24, 2.45) is 5.73 Å². The fourth-order valence-electron chi connectivity index (χ4n) is 1.62. The van der Waals surface area contributed by atoms with E-state index in [0.29, 0.717) is 6.54 Å². The van der Waals surface area contributed by atoms with Gasteiger partial charge in [0.1, 0.15) is 0 Å². The summed E-state index contributed by atoms with van der Waals surface area (Å²) in [6.07, 6.45) is 0. The van der Waals surface area contributed by atoms with E-state index in [2.05, 4.69) is 26.1 Å². The van der Waals surface area contributed by atoms with E-state index in [9.17, 15) is 0 Å². The van der Waals surface area contributed by atoms with E-state index in [0.717, 1.165) is 18.0 Å². The molecule has 1 aromatic rings. The highest BCUT2D eigenvalue weighted by atomic mass is 16.5. The third-order valence-electron chi connectivity index (χ3n) is 3.11. The highest BCUT2D eigenvalue weighted by Crippen LogP contribution is 2.30. The molecule has 0 aliphatic heterocycles. The van der Waals surface area contributed by atoms with Crippen molar-refractivity contribution >= 4 is 0 Å². The molecule has 1 aromatic carbocycles. The summed E-state index contributed by atoms with van der Waals surface area (Å²) in [5.74, 6) is 1.52. The van der Waals surface area contributed by atoms with Gasteiger partial charge in [-0.15, -0.1) is 0 Å². The molecule has 4 nitrogen and oxygen atoms in total. The second kappa shape index (κ2) is 6.07. The zero-order chi connectivity index (χ0) is 13.8. The van der Waals surface area contributed by atoms with Gasteiger partial charge in [-0.2, -0.15) is 0 Å². The van der Waals surface area contributed by atoms with Crippen LogP contribution >= 0.6 is 0 Å². The number of nitrogens with one attached hydrogen (secondary N) is 1. The summed E-state index contributed by atoms with van der Waals surface area (Å²) in [4.78, 5) is 0. The molecule has 0 unspecified atom stereocenters. The maximum atomic E-state index is 5.70. The maximum absolute atomic E-state index is 5.70. The van der Waals surface area contributed by atoms with Crippen molar-refractivity contribution in [1.29, 1.82) is 0 Å². The smallest absolute Gasteiger partial charge is 0.161 e. The minimum Gasteiger partial charge on any atom is -0.493 e. The van der Waals surface area contributed by atoms with Crippen molar-refractivity contribution in [3.63, 3.8) is 0 Å². The Morgan fingerprint density at radius 3 is 2.22 bits per heavy atom. The Balaban J connectivity index is 2.89. The summed E-state index contributed by atoms with van der Waals surface area (Å²) in [7, 11) is 3.29. The summed E-state index contributed by atoms with van der Waals surface area (Å²) >= 11 is 0. The number of hydrogen-bond donors (Lipinski definition) is 2. The van der Waals surface area contributed by atoms with Gasteiger partial charge in [-0.1, -0.05) is 0 Å². The van der Waals surface area contributed by atoms with E-state index in [1.54, 1.807) is 14.2 Å². The van der Waals surface area contributed by atoms with Crippen LogP contribution in [-0.4, -0.2) is 26.3 Å². The van der Waals surface area contributed by atoms with E-state index in [4.69, 9.17) is 15.2 Å². The Kier molecular flexibility index (Phi) is 4.99. The topological polar surface area (TPSA) is 56.5 Å². The number of nitrogens with two attached hydrogens (primary N) is 1. The molecule has 18 heavy (non-hydrogen) atoms. The number of ether oxygens (including phenoxy) is 2. The van der Waals surface area contributed by atoms with Gasteiger partial charge in [0.15, 0.2) is 11.5 Å². The SMILES string of the molecule is COc1cc(C)c(CNC(C)(C)CN)cc1OC. The third kappa shape index (κ3) is 3.62. The Morgan fingerprint density at radius 1 is 1.17 bits per heavy atom. The summed E-state index contributed by atoms with van der Waals surface area (Å²) in [5, 5.41) is 3.43. The van der Waals surface area contributed by atoms with Crippen LogP contribution in [0.3, 0.4) is 0 Å². The second-order valence-corrected chi connectivity index (χ2v) is 5.08. The molecule has 102 valence electrons. The Labute approximate surface area is 109 Å². The first-order chi connectivity index (χ1) is 8.43. The van der Waals surface area contributed by atoms with Crippen LogP contribution in [0.25, 0.3) is 0 Å². The number of aryl methyl sites for hydroxylation is 1. The lowest BCUT2D eigenvalue weighted by Crippen LogP contribution is -2.45. The summed E-state index contributed by atoms with van der Waals surface area (Å²) in [6, 6.07) is 4.00. The molecule has 0 bridgehead atoms.